The quantitative estimate of drug-likeness (QED) is 0.606. The van der Waals surface area contributed by atoms with E-state index < -0.39 is 4.92 Å². The number of halogens is 1. The Balaban J connectivity index is 1.79. The molecule has 1 saturated heterocycles. The Hall–Kier alpha value is -2.48. The summed E-state index contributed by atoms with van der Waals surface area (Å²) < 4.78 is 5.38. The summed E-state index contributed by atoms with van der Waals surface area (Å²) in [4.78, 5) is 25.4. The van der Waals surface area contributed by atoms with Gasteiger partial charge in [-0.2, -0.15) is 0 Å². The number of rotatable bonds is 6. The second-order valence-corrected chi connectivity index (χ2v) is 6.68. The van der Waals surface area contributed by atoms with E-state index in [2.05, 4.69) is 10.2 Å². The minimum Gasteiger partial charge on any atom is -0.379 e. The van der Waals surface area contributed by atoms with E-state index in [9.17, 15) is 14.9 Å². The van der Waals surface area contributed by atoms with Crippen LogP contribution in [0.3, 0.4) is 0 Å². The van der Waals surface area contributed by atoms with Crippen molar-refractivity contribution < 1.29 is 14.5 Å². The van der Waals surface area contributed by atoms with Crippen molar-refractivity contribution in [3.63, 3.8) is 0 Å². The maximum absolute atomic E-state index is 12.7. The number of ether oxygens (including phenoxy) is 1. The van der Waals surface area contributed by atoms with E-state index >= 15 is 0 Å². The van der Waals surface area contributed by atoms with Gasteiger partial charge >= 0.3 is 0 Å². The van der Waals surface area contributed by atoms with Gasteiger partial charge < -0.3 is 10.1 Å². The molecular formula is C19H20ClN3O4. The lowest BCUT2D eigenvalue weighted by atomic mass is 10.1. The molecule has 1 aliphatic heterocycles. The van der Waals surface area contributed by atoms with Crippen molar-refractivity contribution in [3.8, 4) is 0 Å². The number of nitrogens with zero attached hydrogens (tertiary/aromatic N) is 2. The number of nitrogens with one attached hydrogen (secondary N) is 1. The lowest BCUT2D eigenvalue weighted by Crippen LogP contribution is -2.43. The Labute approximate surface area is 162 Å². The molecule has 7 nitrogen and oxygen atoms in total. The van der Waals surface area contributed by atoms with Gasteiger partial charge in [0.2, 0.25) is 0 Å². The summed E-state index contributed by atoms with van der Waals surface area (Å²) in [5.41, 5.74) is 0.892. The highest BCUT2D eigenvalue weighted by Crippen LogP contribution is 2.25. The van der Waals surface area contributed by atoms with Crippen molar-refractivity contribution in [2.24, 2.45) is 0 Å². The van der Waals surface area contributed by atoms with Crippen LogP contribution < -0.4 is 5.32 Å². The molecule has 0 radical (unpaired) electrons. The molecule has 0 saturated carbocycles. The number of carbonyl (C=O) groups excluding carboxylic acids is 1. The van der Waals surface area contributed by atoms with Crippen LogP contribution in [-0.2, 0) is 4.74 Å². The first-order chi connectivity index (χ1) is 13.0. The number of hydrogen-bond acceptors (Lipinski definition) is 5. The van der Waals surface area contributed by atoms with Gasteiger partial charge in [-0.25, -0.2) is 0 Å². The van der Waals surface area contributed by atoms with Gasteiger partial charge in [0.15, 0.2) is 0 Å². The zero-order chi connectivity index (χ0) is 19.2. The van der Waals surface area contributed by atoms with Crippen LogP contribution in [0.2, 0.25) is 5.02 Å². The molecule has 27 heavy (non-hydrogen) atoms. The molecule has 1 N–H and O–H groups in total. The molecule has 142 valence electrons. The number of amides is 1. The van der Waals surface area contributed by atoms with Crippen LogP contribution in [0.25, 0.3) is 0 Å². The maximum atomic E-state index is 12.7. The van der Waals surface area contributed by atoms with Crippen LogP contribution in [0.5, 0.6) is 0 Å². The van der Waals surface area contributed by atoms with Crippen molar-refractivity contribution in [2.45, 2.75) is 6.04 Å². The van der Waals surface area contributed by atoms with Gasteiger partial charge in [0.25, 0.3) is 11.6 Å². The molecule has 0 spiro atoms. The molecule has 1 atom stereocenters. The predicted octanol–water partition coefficient (Wildman–Crippen LogP) is 3.05. The average Bonchev–Trinajstić information content (AvgIpc) is 2.69. The summed E-state index contributed by atoms with van der Waals surface area (Å²) in [7, 11) is 0. The minimum atomic E-state index is -0.596. The Kier molecular flexibility index (Phi) is 6.39. The van der Waals surface area contributed by atoms with Crippen LogP contribution in [-0.4, -0.2) is 48.6 Å². The fraction of sp³-hybridized carbons (Fsp3) is 0.316. The third-order valence-electron chi connectivity index (χ3n) is 4.46. The molecule has 1 amide bonds. The lowest BCUT2D eigenvalue weighted by Gasteiger charge is -2.31. The van der Waals surface area contributed by atoms with Crippen LogP contribution in [0, 0.1) is 10.1 Å². The van der Waals surface area contributed by atoms with Gasteiger partial charge in [0.05, 0.1) is 24.2 Å². The van der Waals surface area contributed by atoms with Crippen LogP contribution in [0.15, 0.2) is 48.5 Å². The first-order valence-corrected chi connectivity index (χ1v) is 9.02. The third kappa shape index (κ3) is 5.03. The van der Waals surface area contributed by atoms with E-state index in [1.165, 1.54) is 18.2 Å². The van der Waals surface area contributed by atoms with Crippen molar-refractivity contribution in [3.05, 3.63) is 74.8 Å². The van der Waals surface area contributed by atoms with Crippen LogP contribution in [0.4, 0.5) is 5.69 Å². The number of benzene rings is 2. The van der Waals surface area contributed by atoms with E-state index in [0.29, 0.717) is 19.8 Å². The SMILES string of the molecule is O=C(N[C@@H](CN1CCOCC1)c1ccccc1)c1ccc(Cl)c([N+](=O)[O-])c1. The predicted molar refractivity (Wildman–Crippen MR) is 102 cm³/mol. The van der Waals surface area contributed by atoms with E-state index in [-0.39, 0.29) is 28.2 Å². The summed E-state index contributed by atoms with van der Waals surface area (Å²) in [6.45, 7) is 3.56. The number of nitro benzene ring substituents is 1. The highest BCUT2D eigenvalue weighted by Gasteiger charge is 2.22. The Bertz CT molecular complexity index is 810. The largest absolute Gasteiger partial charge is 0.379 e. The Morgan fingerprint density at radius 3 is 2.59 bits per heavy atom. The van der Waals surface area contributed by atoms with Crippen LogP contribution in [0.1, 0.15) is 22.0 Å². The number of morpholine rings is 1. The summed E-state index contributed by atoms with van der Waals surface area (Å²) >= 11 is 5.83. The summed E-state index contributed by atoms with van der Waals surface area (Å²) in [6.07, 6.45) is 0. The van der Waals surface area contributed by atoms with E-state index in [1.807, 2.05) is 30.3 Å². The molecule has 1 heterocycles. The second-order valence-electron chi connectivity index (χ2n) is 6.27. The molecule has 2 aromatic rings. The monoisotopic (exact) mass is 389 g/mol. The highest BCUT2D eigenvalue weighted by atomic mass is 35.5. The first-order valence-electron chi connectivity index (χ1n) is 8.64. The van der Waals surface area contributed by atoms with Gasteiger partial charge in [-0.15, -0.1) is 0 Å². The van der Waals surface area contributed by atoms with Gasteiger partial charge in [-0.1, -0.05) is 41.9 Å². The number of carbonyl (C=O) groups is 1. The van der Waals surface area contributed by atoms with Gasteiger partial charge in [-0.05, 0) is 17.7 Å². The van der Waals surface area contributed by atoms with Gasteiger partial charge in [0, 0.05) is 31.3 Å². The maximum Gasteiger partial charge on any atom is 0.288 e. The Morgan fingerprint density at radius 2 is 1.93 bits per heavy atom. The fourth-order valence-corrected chi connectivity index (χ4v) is 3.18. The van der Waals surface area contributed by atoms with Crippen molar-refractivity contribution in [2.75, 3.05) is 32.8 Å². The molecule has 3 rings (SSSR count). The van der Waals surface area contributed by atoms with E-state index in [0.717, 1.165) is 18.7 Å². The third-order valence-corrected chi connectivity index (χ3v) is 4.78. The summed E-state index contributed by atoms with van der Waals surface area (Å²) in [5.74, 6) is -0.378. The molecule has 0 unspecified atom stereocenters. The molecule has 8 heteroatoms. The highest BCUT2D eigenvalue weighted by molar-refractivity contribution is 6.32. The van der Waals surface area contributed by atoms with E-state index in [4.69, 9.17) is 16.3 Å². The minimum absolute atomic E-state index is 0.00414. The number of nitro groups is 1. The molecule has 2 aromatic carbocycles. The molecule has 1 aliphatic rings. The first kappa shape index (κ1) is 19.3. The average molecular weight is 390 g/mol. The molecular weight excluding hydrogens is 370 g/mol. The zero-order valence-electron chi connectivity index (χ0n) is 14.6. The van der Waals surface area contributed by atoms with Crippen LogP contribution >= 0.6 is 11.6 Å². The Morgan fingerprint density at radius 1 is 1.22 bits per heavy atom. The number of hydrogen-bond donors (Lipinski definition) is 1. The smallest absolute Gasteiger partial charge is 0.288 e. The topological polar surface area (TPSA) is 84.7 Å². The van der Waals surface area contributed by atoms with Gasteiger partial charge in [-0.3, -0.25) is 19.8 Å². The summed E-state index contributed by atoms with van der Waals surface area (Å²) in [6, 6.07) is 13.5. The zero-order valence-corrected chi connectivity index (χ0v) is 15.4. The molecule has 0 aromatic heterocycles. The lowest BCUT2D eigenvalue weighted by molar-refractivity contribution is -0.384. The van der Waals surface area contributed by atoms with E-state index in [1.54, 1.807) is 0 Å². The second kappa shape index (κ2) is 8.94. The summed E-state index contributed by atoms with van der Waals surface area (Å²) in [5, 5.41) is 14.1. The van der Waals surface area contributed by atoms with Crippen molar-refractivity contribution >= 4 is 23.2 Å². The fourth-order valence-electron chi connectivity index (χ4n) is 3.00. The van der Waals surface area contributed by atoms with Crippen molar-refractivity contribution in [1.29, 1.82) is 0 Å². The molecule has 0 aliphatic carbocycles. The molecule has 0 bridgehead atoms. The normalized spacial score (nSPS) is 15.9. The van der Waals surface area contributed by atoms with Gasteiger partial charge in [0.1, 0.15) is 5.02 Å². The molecule has 1 fully saturated rings. The van der Waals surface area contributed by atoms with Crippen molar-refractivity contribution in [1.82, 2.24) is 10.2 Å². The standard InChI is InChI=1S/C19H20ClN3O4/c20-16-7-6-15(12-18(16)23(25)26)19(24)21-17(14-4-2-1-3-5-14)13-22-8-10-27-11-9-22/h1-7,12,17H,8-11,13H2,(H,21,24)/t17-/m0/s1.